The van der Waals surface area contributed by atoms with E-state index in [9.17, 15) is 4.79 Å². The quantitative estimate of drug-likeness (QED) is 0.539. The number of fused-ring (bicyclic) bond motifs is 3. The summed E-state index contributed by atoms with van der Waals surface area (Å²) in [4.78, 5) is 25.6. The van der Waals surface area contributed by atoms with Crippen molar-refractivity contribution in [3.05, 3.63) is 54.2 Å². The van der Waals surface area contributed by atoms with Gasteiger partial charge in [0.1, 0.15) is 17.2 Å². The van der Waals surface area contributed by atoms with Gasteiger partial charge in [-0.05, 0) is 31.0 Å². The second-order valence-corrected chi connectivity index (χ2v) is 6.61. The van der Waals surface area contributed by atoms with Crippen molar-refractivity contribution in [1.29, 1.82) is 0 Å². The van der Waals surface area contributed by atoms with E-state index in [1.165, 1.54) is 0 Å². The van der Waals surface area contributed by atoms with Gasteiger partial charge in [-0.2, -0.15) is 0 Å². The molecule has 0 aromatic carbocycles. The second-order valence-electron chi connectivity index (χ2n) is 6.61. The average Bonchev–Trinajstić information content (AvgIpc) is 3.17. The molecule has 4 heterocycles. The van der Waals surface area contributed by atoms with E-state index in [4.69, 9.17) is 0 Å². The molecule has 0 aliphatic carbocycles. The number of hydrogen-bond acceptors (Lipinski definition) is 5. The number of hydrogen-bond donors (Lipinski definition) is 1. The van der Waals surface area contributed by atoms with Crippen LogP contribution >= 0.6 is 0 Å². The van der Waals surface area contributed by atoms with Crippen LogP contribution in [0.15, 0.2) is 43.0 Å². The van der Waals surface area contributed by atoms with Crippen LogP contribution in [0.5, 0.6) is 0 Å². The van der Waals surface area contributed by atoms with Gasteiger partial charge >= 0.3 is 0 Å². The maximum Gasteiger partial charge on any atom is 0.181 e. The van der Waals surface area contributed by atoms with Crippen molar-refractivity contribution >= 4 is 28.2 Å². The Balaban J connectivity index is 1.91. The van der Waals surface area contributed by atoms with Crippen LogP contribution < -0.4 is 5.32 Å². The summed E-state index contributed by atoms with van der Waals surface area (Å²) >= 11 is 0. The Labute approximate surface area is 157 Å². The molecule has 0 atom stereocenters. The topological polar surface area (TPSA) is 72.2 Å². The summed E-state index contributed by atoms with van der Waals surface area (Å²) in [7, 11) is 1.85. The van der Waals surface area contributed by atoms with Crippen molar-refractivity contribution in [2.24, 2.45) is 0 Å². The number of pyridine rings is 3. The van der Waals surface area contributed by atoms with E-state index in [2.05, 4.69) is 30.7 Å². The monoisotopic (exact) mass is 359 g/mol. The molecule has 27 heavy (non-hydrogen) atoms. The highest BCUT2D eigenvalue weighted by molar-refractivity contribution is 5.96. The van der Waals surface area contributed by atoms with Gasteiger partial charge in [0.05, 0.1) is 5.52 Å². The molecule has 0 spiro atoms. The maximum absolute atomic E-state index is 12.2. The normalized spacial score (nSPS) is 11.2. The van der Waals surface area contributed by atoms with Gasteiger partial charge < -0.3 is 5.32 Å². The molecule has 1 N–H and O–H groups in total. The SMILES string of the molecule is CCCC(=O)c1cc(C)c(-c2cc3cnc(NC)cc3n3ccnc23)cn1. The molecule has 6 heteroatoms. The van der Waals surface area contributed by atoms with Crippen LogP contribution in [0.3, 0.4) is 0 Å². The molecule has 0 unspecified atom stereocenters. The number of ketones is 1. The number of Topliss-reactive ketones (excluding diaryl/α,β-unsaturated/α-hetero) is 1. The smallest absolute Gasteiger partial charge is 0.181 e. The van der Waals surface area contributed by atoms with E-state index in [0.29, 0.717) is 12.1 Å². The fourth-order valence-electron chi connectivity index (χ4n) is 3.37. The zero-order chi connectivity index (χ0) is 19.0. The van der Waals surface area contributed by atoms with Crippen molar-refractivity contribution < 1.29 is 4.79 Å². The summed E-state index contributed by atoms with van der Waals surface area (Å²) in [6, 6.07) is 5.96. The van der Waals surface area contributed by atoms with Gasteiger partial charge in [-0.1, -0.05) is 6.92 Å². The number of anilines is 1. The summed E-state index contributed by atoms with van der Waals surface area (Å²) in [5, 5.41) is 4.09. The number of carbonyl (C=O) groups excluding carboxylic acids is 1. The fourth-order valence-corrected chi connectivity index (χ4v) is 3.37. The Morgan fingerprint density at radius 2 is 1.96 bits per heavy atom. The zero-order valence-electron chi connectivity index (χ0n) is 15.7. The largest absolute Gasteiger partial charge is 0.373 e. The van der Waals surface area contributed by atoms with Crippen LogP contribution in [0.25, 0.3) is 27.7 Å². The van der Waals surface area contributed by atoms with Crippen molar-refractivity contribution in [2.45, 2.75) is 26.7 Å². The Bertz CT molecular complexity index is 1160. The molecule has 0 radical (unpaired) electrons. The van der Waals surface area contributed by atoms with Crippen LogP contribution in [0, 0.1) is 6.92 Å². The molecular formula is C21H21N5O. The predicted octanol–water partition coefficient (Wildman–Crippen LogP) is 4.28. The lowest BCUT2D eigenvalue weighted by molar-refractivity contribution is 0.0977. The van der Waals surface area contributed by atoms with Crippen LogP contribution in [-0.2, 0) is 0 Å². The third-order valence-corrected chi connectivity index (χ3v) is 4.77. The summed E-state index contributed by atoms with van der Waals surface area (Å²) in [5.41, 5.74) is 5.37. The van der Waals surface area contributed by atoms with Gasteiger partial charge in [0.2, 0.25) is 0 Å². The molecule has 4 aromatic heterocycles. The van der Waals surface area contributed by atoms with Gasteiger partial charge in [-0.25, -0.2) is 9.97 Å². The molecule has 136 valence electrons. The molecule has 0 fully saturated rings. The minimum Gasteiger partial charge on any atom is -0.373 e. The second kappa shape index (κ2) is 6.79. The van der Waals surface area contributed by atoms with E-state index in [1.54, 1.807) is 12.4 Å². The van der Waals surface area contributed by atoms with Crippen molar-refractivity contribution in [3.63, 3.8) is 0 Å². The standard InChI is InChI=1S/C21H21N5O/c1-4-5-19(27)17-8-13(2)16(12-24-17)15-9-14-11-25-20(22-3)10-18(14)26-7-6-23-21(15)26/h6-12H,4-5H2,1-3H3,(H,22,25). The van der Waals surface area contributed by atoms with E-state index in [-0.39, 0.29) is 5.78 Å². The number of nitrogens with one attached hydrogen (secondary N) is 1. The van der Waals surface area contributed by atoms with E-state index >= 15 is 0 Å². The molecule has 0 saturated heterocycles. The molecule has 0 saturated carbocycles. The molecule has 4 rings (SSSR count). The first-order valence-corrected chi connectivity index (χ1v) is 9.06. The highest BCUT2D eigenvalue weighted by Gasteiger charge is 2.15. The molecule has 6 nitrogen and oxygen atoms in total. The fraction of sp³-hybridized carbons (Fsp3) is 0.238. The highest BCUT2D eigenvalue weighted by Crippen LogP contribution is 2.31. The molecule has 4 aromatic rings. The molecule has 0 aliphatic heterocycles. The predicted molar refractivity (Wildman–Crippen MR) is 107 cm³/mol. The van der Waals surface area contributed by atoms with Crippen molar-refractivity contribution in [3.8, 4) is 11.1 Å². The number of aromatic nitrogens is 4. The summed E-state index contributed by atoms with van der Waals surface area (Å²) < 4.78 is 2.06. The number of nitrogens with zero attached hydrogens (tertiary/aromatic N) is 4. The van der Waals surface area contributed by atoms with Crippen molar-refractivity contribution in [1.82, 2.24) is 19.4 Å². The zero-order valence-corrected chi connectivity index (χ0v) is 15.7. The van der Waals surface area contributed by atoms with Crippen LogP contribution in [0.1, 0.15) is 35.8 Å². The van der Waals surface area contributed by atoms with E-state index < -0.39 is 0 Å². The lowest BCUT2D eigenvalue weighted by atomic mass is 10.0. The molecular weight excluding hydrogens is 338 g/mol. The Hall–Kier alpha value is -3.28. The Morgan fingerprint density at radius 3 is 2.70 bits per heavy atom. The maximum atomic E-state index is 12.2. The minimum absolute atomic E-state index is 0.0837. The highest BCUT2D eigenvalue weighted by atomic mass is 16.1. The lowest BCUT2D eigenvalue weighted by Crippen LogP contribution is -2.03. The van der Waals surface area contributed by atoms with E-state index in [1.807, 2.05) is 45.4 Å². The van der Waals surface area contributed by atoms with Gasteiger partial charge in [0.25, 0.3) is 0 Å². The van der Waals surface area contributed by atoms with Crippen LogP contribution in [0.2, 0.25) is 0 Å². The third kappa shape index (κ3) is 2.93. The first-order chi connectivity index (χ1) is 13.1. The first-order valence-electron chi connectivity index (χ1n) is 9.06. The minimum atomic E-state index is 0.0837. The number of imidazole rings is 1. The van der Waals surface area contributed by atoms with Gasteiger partial charge in [0.15, 0.2) is 5.78 Å². The van der Waals surface area contributed by atoms with Crippen LogP contribution in [0.4, 0.5) is 5.82 Å². The number of aryl methyl sites for hydroxylation is 1. The third-order valence-electron chi connectivity index (χ3n) is 4.77. The number of carbonyl (C=O) groups is 1. The summed E-state index contributed by atoms with van der Waals surface area (Å²) in [6.45, 7) is 4.00. The van der Waals surface area contributed by atoms with E-state index in [0.717, 1.165) is 45.5 Å². The Kier molecular flexibility index (Phi) is 4.32. The molecule has 0 bridgehead atoms. The summed E-state index contributed by atoms with van der Waals surface area (Å²) in [6.07, 6.45) is 8.71. The Morgan fingerprint density at radius 1 is 1.11 bits per heavy atom. The summed E-state index contributed by atoms with van der Waals surface area (Å²) in [5.74, 6) is 0.891. The molecule has 0 amide bonds. The number of rotatable bonds is 5. The van der Waals surface area contributed by atoms with Gasteiger partial charge in [0, 0.05) is 60.8 Å². The average molecular weight is 359 g/mol. The van der Waals surface area contributed by atoms with Gasteiger partial charge in [-0.15, -0.1) is 0 Å². The lowest BCUT2D eigenvalue weighted by Gasteiger charge is -2.12. The molecule has 0 aliphatic rings. The van der Waals surface area contributed by atoms with Crippen molar-refractivity contribution in [2.75, 3.05) is 12.4 Å². The first kappa shape index (κ1) is 17.1. The van der Waals surface area contributed by atoms with Gasteiger partial charge in [-0.3, -0.25) is 14.2 Å². The van der Waals surface area contributed by atoms with Crippen LogP contribution in [-0.4, -0.2) is 32.2 Å².